The first-order valence-corrected chi connectivity index (χ1v) is 8.06. The van der Waals surface area contributed by atoms with Gasteiger partial charge in [0.2, 0.25) is 0 Å². The summed E-state index contributed by atoms with van der Waals surface area (Å²) in [6, 6.07) is 12.8. The van der Waals surface area contributed by atoms with Crippen LogP contribution < -0.4 is 10.1 Å². The van der Waals surface area contributed by atoms with Crippen LogP contribution in [0.15, 0.2) is 48.5 Å². The lowest BCUT2D eigenvalue weighted by molar-refractivity contribution is -0.274. The van der Waals surface area contributed by atoms with Gasteiger partial charge in [0, 0.05) is 32.1 Å². The van der Waals surface area contributed by atoms with E-state index in [1.165, 1.54) is 23.3 Å². The third kappa shape index (κ3) is 4.16. The number of rotatable bonds is 5. The number of methoxy groups -OCH3 is 1. The van der Waals surface area contributed by atoms with E-state index in [4.69, 9.17) is 4.74 Å². The number of benzene rings is 2. The fraction of sp³-hybridized carbons (Fsp3) is 0.316. The molecule has 0 spiro atoms. The predicted molar refractivity (Wildman–Crippen MR) is 89.0 cm³/mol. The Morgan fingerprint density at radius 1 is 1.08 bits per heavy atom. The molecule has 26 heavy (non-hydrogen) atoms. The van der Waals surface area contributed by atoms with Crippen molar-refractivity contribution in [3.05, 3.63) is 65.2 Å². The van der Waals surface area contributed by atoms with Crippen molar-refractivity contribution < 1.29 is 27.4 Å². The number of carbonyl (C=O) groups excluding carboxylic acids is 1. The van der Waals surface area contributed by atoms with Gasteiger partial charge in [0.1, 0.15) is 5.75 Å². The molecule has 0 heterocycles. The fourth-order valence-corrected chi connectivity index (χ4v) is 3.15. The molecule has 0 bridgehead atoms. The Balaban J connectivity index is 1.62. The van der Waals surface area contributed by atoms with Crippen molar-refractivity contribution in [2.24, 2.45) is 0 Å². The largest absolute Gasteiger partial charge is 0.573 e. The molecule has 1 aliphatic carbocycles. The van der Waals surface area contributed by atoms with E-state index in [1.54, 1.807) is 7.11 Å². The van der Waals surface area contributed by atoms with Crippen molar-refractivity contribution in [2.75, 3.05) is 13.7 Å². The van der Waals surface area contributed by atoms with Crippen LogP contribution in [0.1, 0.15) is 21.5 Å². The third-order valence-electron chi connectivity index (χ3n) is 4.50. The second-order valence-corrected chi connectivity index (χ2v) is 6.26. The minimum Gasteiger partial charge on any atom is -0.406 e. The topological polar surface area (TPSA) is 47.6 Å². The quantitative estimate of drug-likeness (QED) is 0.882. The van der Waals surface area contributed by atoms with Crippen LogP contribution >= 0.6 is 0 Å². The molecule has 0 fully saturated rings. The number of carbonyl (C=O) groups is 1. The average molecular weight is 365 g/mol. The minimum absolute atomic E-state index is 0.251. The van der Waals surface area contributed by atoms with Gasteiger partial charge >= 0.3 is 6.36 Å². The lowest BCUT2D eigenvalue weighted by Gasteiger charge is -2.27. The van der Waals surface area contributed by atoms with Crippen LogP contribution in [-0.2, 0) is 17.6 Å². The summed E-state index contributed by atoms with van der Waals surface area (Å²) in [6.45, 7) is 0.303. The third-order valence-corrected chi connectivity index (χ3v) is 4.50. The van der Waals surface area contributed by atoms with E-state index in [9.17, 15) is 18.0 Å². The summed E-state index contributed by atoms with van der Waals surface area (Å²) in [4.78, 5) is 12.3. The Morgan fingerprint density at radius 3 is 2.15 bits per heavy atom. The summed E-state index contributed by atoms with van der Waals surface area (Å²) >= 11 is 0. The van der Waals surface area contributed by atoms with Crippen molar-refractivity contribution in [3.63, 3.8) is 0 Å². The monoisotopic (exact) mass is 365 g/mol. The van der Waals surface area contributed by atoms with Gasteiger partial charge in [-0.25, -0.2) is 0 Å². The molecular formula is C19H18F3NO3. The average Bonchev–Trinajstić information content (AvgIpc) is 2.98. The zero-order valence-corrected chi connectivity index (χ0v) is 14.1. The SMILES string of the molecule is COC1(CNC(=O)c2ccc(OC(F)(F)F)cc2)Cc2ccccc2C1. The van der Waals surface area contributed by atoms with E-state index in [-0.39, 0.29) is 17.2 Å². The van der Waals surface area contributed by atoms with Crippen molar-refractivity contribution in [1.29, 1.82) is 0 Å². The molecule has 0 saturated heterocycles. The van der Waals surface area contributed by atoms with E-state index in [0.717, 1.165) is 12.1 Å². The molecule has 0 aromatic heterocycles. The minimum atomic E-state index is -4.76. The summed E-state index contributed by atoms with van der Waals surface area (Å²) in [5, 5.41) is 2.81. The van der Waals surface area contributed by atoms with Gasteiger partial charge in [-0.15, -0.1) is 13.2 Å². The number of hydrogen-bond donors (Lipinski definition) is 1. The van der Waals surface area contributed by atoms with Crippen LogP contribution in [0.25, 0.3) is 0 Å². The number of ether oxygens (including phenoxy) is 2. The molecule has 1 amide bonds. The maximum atomic E-state index is 12.3. The van der Waals surface area contributed by atoms with E-state index < -0.39 is 12.0 Å². The number of halogens is 3. The first-order valence-electron chi connectivity index (χ1n) is 8.06. The van der Waals surface area contributed by atoms with Crippen LogP contribution in [-0.4, -0.2) is 31.5 Å². The Labute approximate surface area is 148 Å². The lowest BCUT2D eigenvalue weighted by atomic mass is 10.00. The van der Waals surface area contributed by atoms with E-state index in [2.05, 4.69) is 10.1 Å². The van der Waals surface area contributed by atoms with Crippen molar-refractivity contribution >= 4 is 5.91 Å². The number of fused-ring (bicyclic) bond motifs is 1. The Morgan fingerprint density at radius 2 is 1.65 bits per heavy atom. The molecule has 2 aromatic carbocycles. The van der Waals surface area contributed by atoms with Crippen molar-refractivity contribution in [2.45, 2.75) is 24.8 Å². The predicted octanol–water partition coefficient (Wildman–Crippen LogP) is 3.50. The standard InChI is InChI=1S/C19H18F3NO3/c1-25-18(10-14-4-2-3-5-15(14)11-18)12-23-17(24)13-6-8-16(9-7-13)26-19(20,21)22/h2-9H,10-12H2,1H3,(H,23,24). The first-order chi connectivity index (χ1) is 12.3. The van der Waals surface area contributed by atoms with Crippen LogP contribution in [0.5, 0.6) is 5.75 Å². The van der Waals surface area contributed by atoms with Crippen molar-refractivity contribution in [3.8, 4) is 5.75 Å². The molecule has 1 N–H and O–H groups in total. The van der Waals surface area contributed by atoms with Gasteiger partial charge < -0.3 is 14.8 Å². The molecule has 0 saturated carbocycles. The molecule has 4 nitrogen and oxygen atoms in total. The second-order valence-electron chi connectivity index (χ2n) is 6.26. The van der Waals surface area contributed by atoms with Gasteiger partial charge in [-0.2, -0.15) is 0 Å². The highest BCUT2D eigenvalue weighted by Gasteiger charge is 2.37. The summed E-state index contributed by atoms with van der Waals surface area (Å²) in [5.41, 5.74) is 2.12. The molecule has 0 atom stereocenters. The Bertz CT molecular complexity index is 762. The molecule has 0 aliphatic heterocycles. The molecule has 7 heteroatoms. The second kappa shape index (κ2) is 6.99. The summed E-state index contributed by atoms with van der Waals surface area (Å²) in [7, 11) is 1.61. The summed E-state index contributed by atoms with van der Waals surface area (Å²) in [5.74, 6) is -0.746. The Hall–Kier alpha value is -2.54. The number of hydrogen-bond acceptors (Lipinski definition) is 3. The molecule has 1 aliphatic rings. The number of alkyl halides is 3. The van der Waals surface area contributed by atoms with Crippen LogP contribution in [0.2, 0.25) is 0 Å². The molecule has 3 rings (SSSR count). The molecule has 0 unspecified atom stereocenters. The smallest absolute Gasteiger partial charge is 0.406 e. The fourth-order valence-electron chi connectivity index (χ4n) is 3.15. The molecule has 2 aromatic rings. The van der Waals surface area contributed by atoms with E-state index in [1.807, 2.05) is 24.3 Å². The van der Waals surface area contributed by atoms with Crippen molar-refractivity contribution in [1.82, 2.24) is 5.32 Å². The van der Waals surface area contributed by atoms with Gasteiger partial charge in [0.25, 0.3) is 5.91 Å². The number of nitrogens with one attached hydrogen (secondary N) is 1. The molecular weight excluding hydrogens is 347 g/mol. The maximum absolute atomic E-state index is 12.3. The molecule has 138 valence electrons. The van der Waals surface area contributed by atoms with E-state index >= 15 is 0 Å². The molecule has 0 radical (unpaired) electrons. The number of amides is 1. The first kappa shape index (κ1) is 18.3. The van der Waals surface area contributed by atoms with Crippen LogP contribution in [0.3, 0.4) is 0 Å². The zero-order valence-electron chi connectivity index (χ0n) is 14.1. The van der Waals surface area contributed by atoms with Gasteiger partial charge in [-0.05, 0) is 35.4 Å². The highest BCUT2D eigenvalue weighted by Crippen LogP contribution is 2.32. The maximum Gasteiger partial charge on any atom is 0.573 e. The van der Waals surface area contributed by atoms with Gasteiger partial charge in [0.15, 0.2) is 0 Å². The zero-order chi connectivity index (χ0) is 18.8. The van der Waals surface area contributed by atoms with E-state index in [0.29, 0.717) is 19.4 Å². The normalized spacial score (nSPS) is 15.4. The van der Waals surface area contributed by atoms with Gasteiger partial charge in [-0.3, -0.25) is 4.79 Å². The summed E-state index contributed by atoms with van der Waals surface area (Å²) < 4.78 is 46.0. The highest BCUT2D eigenvalue weighted by atomic mass is 19.4. The van der Waals surface area contributed by atoms with Crippen LogP contribution in [0, 0.1) is 0 Å². The van der Waals surface area contributed by atoms with Gasteiger partial charge in [0.05, 0.1) is 5.60 Å². The van der Waals surface area contributed by atoms with Gasteiger partial charge in [-0.1, -0.05) is 24.3 Å². The summed E-state index contributed by atoms with van der Waals surface area (Å²) in [6.07, 6.45) is -3.37. The highest BCUT2D eigenvalue weighted by molar-refractivity contribution is 5.94. The van der Waals surface area contributed by atoms with Crippen LogP contribution in [0.4, 0.5) is 13.2 Å². The lowest BCUT2D eigenvalue weighted by Crippen LogP contribution is -2.45. The Kier molecular flexibility index (Phi) is 4.91.